The fourth-order valence-electron chi connectivity index (χ4n) is 3.11. The van der Waals surface area contributed by atoms with Gasteiger partial charge in [0.25, 0.3) is 0 Å². The molecule has 0 spiro atoms. The summed E-state index contributed by atoms with van der Waals surface area (Å²) in [6.45, 7) is 7.09. The van der Waals surface area contributed by atoms with E-state index in [2.05, 4.69) is 33.8 Å². The van der Waals surface area contributed by atoms with Crippen LogP contribution in [0.5, 0.6) is 0 Å². The summed E-state index contributed by atoms with van der Waals surface area (Å²) in [6, 6.07) is 5.12. The molecule has 17 heavy (non-hydrogen) atoms. The van der Waals surface area contributed by atoms with Crippen molar-refractivity contribution < 1.29 is 0 Å². The maximum atomic E-state index is 4.27. The third-order valence-electron chi connectivity index (χ3n) is 4.07. The fourth-order valence-corrected chi connectivity index (χ4v) is 3.11. The molecule has 3 rings (SSSR count). The fraction of sp³-hybridized carbons (Fsp3) is 0.643. The van der Waals surface area contributed by atoms with Crippen molar-refractivity contribution in [1.29, 1.82) is 0 Å². The van der Waals surface area contributed by atoms with Gasteiger partial charge in [0.15, 0.2) is 0 Å². The Hall–Kier alpha value is -1.09. The number of hydrogen-bond acceptors (Lipinski definition) is 3. The van der Waals surface area contributed by atoms with Crippen molar-refractivity contribution in [3.05, 3.63) is 24.0 Å². The lowest BCUT2D eigenvalue weighted by Gasteiger charge is -2.24. The van der Waals surface area contributed by atoms with E-state index >= 15 is 0 Å². The Morgan fingerprint density at radius 2 is 2.06 bits per heavy atom. The molecule has 1 aromatic heterocycles. The second kappa shape index (κ2) is 4.65. The molecular formula is C14H21N3. The van der Waals surface area contributed by atoms with Gasteiger partial charge in [0.1, 0.15) is 0 Å². The van der Waals surface area contributed by atoms with Crippen LogP contribution in [-0.4, -0.2) is 42.1 Å². The van der Waals surface area contributed by atoms with Crippen LogP contribution in [0, 0.1) is 6.92 Å². The Kier molecular flexibility index (Phi) is 3.02. The molecule has 1 unspecified atom stereocenters. The summed E-state index contributed by atoms with van der Waals surface area (Å²) in [5.41, 5.74) is 2.46. The topological polar surface area (TPSA) is 19.4 Å². The van der Waals surface area contributed by atoms with Crippen LogP contribution in [0.15, 0.2) is 18.3 Å². The van der Waals surface area contributed by atoms with Crippen LogP contribution in [0.25, 0.3) is 0 Å². The van der Waals surface area contributed by atoms with Gasteiger partial charge in [-0.25, -0.2) is 0 Å². The molecule has 0 bridgehead atoms. The minimum atomic E-state index is 0.783. The van der Waals surface area contributed by atoms with E-state index in [0.717, 1.165) is 11.7 Å². The molecule has 92 valence electrons. The van der Waals surface area contributed by atoms with Crippen LogP contribution >= 0.6 is 0 Å². The number of rotatable bonds is 2. The third kappa shape index (κ3) is 2.29. The Morgan fingerprint density at radius 3 is 2.82 bits per heavy atom. The number of likely N-dealkylation sites (tertiary alicyclic amines) is 1. The highest BCUT2D eigenvalue weighted by molar-refractivity contribution is 5.47. The van der Waals surface area contributed by atoms with E-state index in [1.165, 1.54) is 51.1 Å². The molecule has 3 heterocycles. The lowest BCUT2D eigenvalue weighted by Crippen LogP contribution is -2.35. The molecular weight excluding hydrogens is 210 g/mol. The molecule has 0 saturated carbocycles. The summed E-state index contributed by atoms with van der Waals surface area (Å²) in [4.78, 5) is 9.46. The third-order valence-corrected chi connectivity index (χ3v) is 4.07. The predicted molar refractivity (Wildman–Crippen MR) is 70.4 cm³/mol. The first-order valence-corrected chi connectivity index (χ1v) is 6.74. The Morgan fingerprint density at radius 1 is 1.24 bits per heavy atom. The van der Waals surface area contributed by atoms with Crippen LogP contribution in [-0.2, 0) is 0 Å². The quantitative estimate of drug-likeness (QED) is 0.776. The van der Waals surface area contributed by atoms with Crippen LogP contribution in [0.4, 0.5) is 5.69 Å². The summed E-state index contributed by atoms with van der Waals surface area (Å²) in [7, 11) is 0. The largest absolute Gasteiger partial charge is 0.370 e. The summed E-state index contributed by atoms with van der Waals surface area (Å²) < 4.78 is 0. The molecule has 2 aliphatic heterocycles. The van der Waals surface area contributed by atoms with E-state index < -0.39 is 0 Å². The highest BCUT2D eigenvalue weighted by Crippen LogP contribution is 2.25. The van der Waals surface area contributed by atoms with Crippen molar-refractivity contribution in [3.8, 4) is 0 Å². The van der Waals surface area contributed by atoms with Crippen molar-refractivity contribution in [2.24, 2.45) is 0 Å². The molecule has 1 atom stereocenters. The van der Waals surface area contributed by atoms with Gasteiger partial charge in [0.2, 0.25) is 0 Å². The lowest BCUT2D eigenvalue weighted by atomic mass is 10.2. The average molecular weight is 231 g/mol. The zero-order valence-corrected chi connectivity index (χ0v) is 10.6. The molecule has 3 nitrogen and oxygen atoms in total. The number of anilines is 1. The molecule has 2 fully saturated rings. The molecule has 0 amide bonds. The number of hydrogen-bond donors (Lipinski definition) is 0. The maximum absolute atomic E-state index is 4.27. The highest BCUT2D eigenvalue weighted by atomic mass is 15.3. The van der Waals surface area contributed by atoms with E-state index in [1.807, 2.05) is 6.20 Å². The monoisotopic (exact) mass is 231 g/mol. The van der Waals surface area contributed by atoms with Gasteiger partial charge in [0.05, 0.1) is 0 Å². The molecule has 0 aliphatic carbocycles. The molecule has 0 radical (unpaired) electrons. The number of aromatic nitrogens is 1. The van der Waals surface area contributed by atoms with Crippen molar-refractivity contribution >= 4 is 5.69 Å². The summed E-state index contributed by atoms with van der Waals surface area (Å²) in [5, 5.41) is 0. The molecule has 2 saturated heterocycles. The smallest absolute Gasteiger partial charge is 0.0400 e. The molecule has 2 aliphatic rings. The SMILES string of the molecule is Cc1cc(N2CCC(N3CCCC3)C2)ccn1. The van der Waals surface area contributed by atoms with Crippen LogP contribution in [0.3, 0.4) is 0 Å². The molecule has 3 heteroatoms. The Bertz CT molecular complexity index is 385. The van der Waals surface area contributed by atoms with Gasteiger partial charge >= 0.3 is 0 Å². The normalized spacial score (nSPS) is 25.7. The summed E-state index contributed by atoms with van der Waals surface area (Å²) in [6.07, 6.45) is 6.03. The zero-order chi connectivity index (χ0) is 11.7. The average Bonchev–Trinajstić information content (AvgIpc) is 3.00. The van der Waals surface area contributed by atoms with E-state index in [1.54, 1.807) is 0 Å². The summed E-state index contributed by atoms with van der Waals surface area (Å²) in [5.74, 6) is 0. The zero-order valence-electron chi connectivity index (χ0n) is 10.6. The van der Waals surface area contributed by atoms with Crippen molar-refractivity contribution in [1.82, 2.24) is 9.88 Å². The van der Waals surface area contributed by atoms with Crippen LogP contribution < -0.4 is 4.90 Å². The number of pyridine rings is 1. The minimum Gasteiger partial charge on any atom is -0.370 e. The van der Waals surface area contributed by atoms with E-state index in [0.29, 0.717) is 0 Å². The number of aryl methyl sites for hydroxylation is 1. The van der Waals surface area contributed by atoms with Gasteiger partial charge < -0.3 is 4.90 Å². The van der Waals surface area contributed by atoms with Crippen molar-refractivity contribution in [2.45, 2.75) is 32.2 Å². The van der Waals surface area contributed by atoms with Gasteiger partial charge in [-0.15, -0.1) is 0 Å². The van der Waals surface area contributed by atoms with E-state index in [-0.39, 0.29) is 0 Å². The van der Waals surface area contributed by atoms with E-state index in [9.17, 15) is 0 Å². The molecule has 0 aromatic carbocycles. The predicted octanol–water partition coefficient (Wildman–Crippen LogP) is 2.06. The van der Waals surface area contributed by atoms with Crippen molar-refractivity contribution in [3.63, 3.8) is 0 Å². The Balaban J connectivity index is 1.67. The summed E-state index contributed by atoms with van der Waals surface area (Å²) >= 11 is 0. The minimum absolute atomic E-state index is 0.783. The van der Waals surface area contributed by atoms with Gasteiger partial charge in [-0.1, -0.05) is 0 Å². The first-order valence-electron chi connectivity index (χ1n) is 6.74. The standard InChI is InChI=1S/C14H21N3/c1-12-10-13(4-6-15-12)17-9-5-14(11-17)16-7-2-3-8-16/h4,6,10,14H,2-3,5,7-9,11H2,1H3. The second-order valence-corrected chi connectivity index (χ2v) is 5.29. The Labute approximate surface area is 103 Å². The van der Waals surface area contributed by atoms with Crippen molar-refractivity contribution in [2.75, 3.05) is 31.1 Å². The van der Waals surface area contributed by atoms with Gasteiger partial charge in [-0.2, -0.15) is 0 Å². The number of nitrogens with zero attached hydrogens (tertiary/aromatic N) is 3. The molecule has 1 aromatic rings. The first-order chi connectivity index (χ1) is 8.33. The van der Waals surface area contributed by atoms with Gasteiger partial charge in [0, 0.05) is 36.7 Å². The second-order valence-electron chi connectivity index (χ2n) is 5.29. The van der Waals surface area contributed by atoms with Crippen LogP contribution in [0.2, 0.25) is 0 Å². The first kappa shape index (κ1) is 11.0. The lowest BCUT2D eigenvalue weighted by molar-refractivity contribution is 0.260. The molecule has 0 N–H and O–H groups in total. The highest BCUT2D eigenvalue weighted by Gasteiger charge is 2.29. The van der Waals surface area contributed by atoms with E-state index in [4.69, 9.17) is 0 Å². The van der Waals surface area contributed by atoms with Crippen LogP contribution in [0.1, 0.15) is 25.0 Å². The van der Waals surface area contributed by atoms with Gasteiger partial charge in [-0.3, -0.25) is 9.88 Å². The van der Waals surface area contributed by atoms with Gasteiger partial charge in [-0.05, 0) is 51.4 Å². The maximum Gasteiger partial charge on any atom is 0.0400 e.